The average molecular weight is 511 g/mol. The number of hydrogen-bond donors (Lipinski definition) is 1. The highest BCUT2D eigenvalue weighted by Gasteiger charge is 2.34. The Balaban J connectivity index is 1.64. The normalized spacial score (nSPS) is 16.0. The zero-order valence-corrected chi connectivity index (χ0v) is 21.4. The first kappa shape index (κ1) is 26.1. The van der Waals surface area contributed by atoms with Crippen LogP contribution >= 0.6 is 11.6 Å². The van der Waals surface area contributed by atoms with Gasteiger partial charge < -0.3 is 19.5 Å². The number of piperidine rings is 1. The molecule has 3 rings (SSSR count). The summed E-state index contributed by atoms with van der Waals surface area (Å²) < 4.78 is 44.0. The number of halogens is 1. The Morgan fingerprint density at radius 2 is 1.74 bits per heavy atom. The summed E-state index contributed by atoms with van der Waals surface area (Å²) in [6, 6.07) is 9.84. The molecule has 10 heteroatoms. The molecule has 1 aliphatic heterocycles. The number of methoxy groups -OCH3 is 2. The fourth-order valence-corrected chi connectivity index (χ4v) is 5.86. The maximum absolute atomic E-state index is 13.3. The summed E-state index contributed by atoms with van der Waals surface area (Å²) in [6.07, 6.45) is 0.850. The van der Waals surface area contributed by atoms with Crippen LogP contribution in [0.25, 0.3) is 0 Å². The van der Waals surface area contributed by atoms with Crippen LogP contribution < -0.4 is 19.5 Å². The fourth-order valence-electron chi connectivity index (χ4n) is 3.99. The van der Waals surface area contributed by atoms with Crippen molar-refractivity contribution in [2.45, 2.75) is 37.6 Å². The largest absolute Gasteiger partial charge is 0.493 e. The van der Waals surface area contributed by atoms with Crippen LogP contribution in [0.3, 0.4) is 0 Å². The minimum atomic E-state index is -3.80. The quantitative estimate of drug-likeness (QED) is 0.547. The lowest BCUT2D eigenvalue weighted by Gasteiger charge is -2.31. The van der Waals surface area contributed by atoms with E-state index in [1.54, 1.807) is 39.3 Å². The van der Waals surface area contributed by atoms with Crippen LogP contribution in [0.4, 0.5) is 0 Å². The van der Waals surface area contributed by atoms with E-state index in [9.17, 15) is 13.2 Å². The molecule has 0 radical (unpaired) electrons. The van der Waals surface area contributed by atoms with Gasteiger partial charge in [-0.2, -0.15) is 4.31 Å². The van der Waals surface area contributed by atoms with Gasteiger partial charge in [-0.3, -0.25) is 4.79 Å². The Labute approximate surface area is 206 Å². The molecule has 1 saturated heterocycles. The molecule has 1 atom stereocenters. The van der Waals surface area contributed by atoms with E-state index in [0.29, 0.717) is 36.0 Å². The number of ether oxygens (including phenoxy) is 3. The molecular weight excluding hydrogens is 480 g/mol. The van der Waals surface area contributed by atoms with Crippen molar-refractivity contribution in [1.82, 2.24) is 9.62 Å². The molecule has 186 valence electrons. The van der Waals surface area contributed by atoms with Crippen molar-refractivity contribution in [3.63, 3.8) is 0 Å². The minimum Gasteiger partial charge on any atom is -0.493 e. The number of rotatable bonds is 9. The SMILES string of the molecule is CCOc1ccc(Cl)cc1S(=O)(=O)N1CCC(C(=O)N[C@H](C)c2ccc(OC)c(OC)c2)CC1. The molecular formula is C24H31ClN2O6S. The van der Waals surface area contributed by atoms with Gasteiger partial charge in [-0.05, 0) is 62.6 Å². The molecule has 1 N–H and O–H groups in total. The number of benzene rings is 2. The van der Waals surface area contributed by atoms with Gasteiger partial charge in [-0.1, -0.05) is 17.7 Å². The smallest absolute Gasteiger partial charge is 0.246 e. The summed E-state index contributed by atoms with van der Waals surface area (Å²) >= 11 is 6.06. The first-order valence-electron chi connectivity index (χ1n) is 11.2. The highest BCUT2D eigenvalue weighted by molar-refractivity contribution is 7.89. The second-order valence-corrected chi connectivity index (χ2v) is 10.4. The Hall–Kier alpha value is -2.49. The number of amides is 1. The molecule has 2 aromatic carbocycles. The van der Waals surface area contributed by atoms with E-state index in [2.05, 4.69) is 5.32 Å². The van der Waals surface area contributed by atoms with Gasteiger partial charge in [0.1, 0.15) is 10.6 Å². The molecule has 0 bridgehead atoms. The van der Waals surface area contributed by atoms with Crippen molar-refractivity contribution < 1.29 is 27.4 Å². The van der Waals surface area contributed by atoms with E-state index < -0.39 is 10.0 Å². The number of carbonyl (C=O) groups is 1. The monoisotopic (exact) mass is 510 g/mol. The van der Waals surface area contributed by atoms with Crippen molar-refractivity contribution in [3.8, 4) is 17.2 Å². The Kier molecular flexibility index (Phi) is 8.67. The molecule has 0 aliphatic carbocycles. The van der Waals surface area contributed by atoms with Gasteiger partial charge in [-0.15, -0.1) is 0 Å². The standard InChI is InChI=1S/C24H31ClN2O6S/c1-5-33-21-9-7-19(25)15-23(21)34(29,30)27-12-10-17(11-13-27)24(28)26-16(2)18-6-8-20(31-3)22(14-18)32-4/h6-9,14-17H,5,10-13H2,1-4H3,(H,26,28)/t16-/m1/s1. The summed E-state index contributed by atoms with van der Waals surface area (Å²) in [7, 11) is -0.669. The van der Waals surface area contributed by atoms with E-state index in [0.717, 1.165) is 5.56 Å². The third-order valence-corrected chi connectivity index (χ3v) is 8.07. The molecule has 1 fully saturated rings. The van der Waals surface area contributed by atoms with Crippen LogP contribution in [0.1, 0.15) is 38.3 Å². The molecule has 1 heterocycles. The molecule has 0 unspecified atom stereocenters. The van der Waals surface area contributed by atoms with Gasteiger partial charge in [-0.25, -0.2) is 8.42 Å². The van der Waals surface area contributed by atoms with Crippen LogP contribution in [0, 0.1) is 5.92 Å². The maximum atomic E-state index is 13.3. The highest BCUT2D eigenvalue weighted by Crippen LogP contribution is 2.33. The lowest BCUT2D eigenvalue weighted by atomic mass is 9.96. The van der Waals surface area contributed by atoms with E-state index >= 15 is 0 Å². The Morgan fingerprint density at radius 3 is 2.35 bits per heavy atom. The van der Waals surface area contributed by atoms with Gasteiger partial charge in [0.15, 0.2) is 11.5 Å². The first-order chi connectivity index (χ1) is 16.2. The second kappa shape index (κ2) is 11.3. The van der Waals surface area contributed by atoms with Crippen molar-refractivity contribution in [2.75, 3.05) is 33.9 Å². The minimum absolute atomic E-state index is 0.0480. The van der Waals surface area contributed by atoms with E-state index in [1.807, 2.05) is 19.1 Å². The topological polar surface area (TPSA) is 94.2 Å². The van der Waals surface area contributed by atoms with Gasteiger partial charge in [0.2, 0.25) is 15.9 Å². The third kappa shape index (κ3) is 5.76. The van der Waals surface area contributed by atoms with Gasteiger partial charge in [0.25, 0.3) is 0 Å². The first-order valence-corrected chi connectivity index (χ1v) is 13.0. The lowest BCUT2D eigenvalue weighted by Crippen LogP contribution is -2.43. The summed E-state index contributed by atoms with van der Waals surface area (Å²) in [5.41, 5.74) is 0.885. The van der Waals surface area contributed by atoms with Crippen molar-refractivity contribution in [2.24, 2.45) is 5.92 Å². The maximum Gasteiger partial charge on any atom is 0.246 e. The molecule has 8 nitrogen and oxygen atoms in total. The van der Waals surface area contributed by atoms with Crippen LogP contribution in [-0.4, -0.2) is 52.5 Å². The van der Waals surface area contributed by atoms with E-state index in [1.165, 1.54) is 10.4 Å². The number of carbonyl (C=O) groups excluding carboxylic acids is 1. The predicted molar refractivity (Wildman–Crippen MR) is 130 cm³/mol. The Morgan fingerprint density at radius 1 is 1.09 bits per heavy atom. The average Bonchev–Trinajstić information content (AvgIpc) is 2.84. The second-order valence-electron chi connectivity index (χ2n) is 8.05. The zero-order valence-electron chi connectivity index (χ0n) is 19.8. The van der Waals surface area contributed by atoms with E-state index in [-0.39, 0.29) is 41.6 Å². The lowest BCUT2D eigenvalue weighted by molar-refractivity contribution is -0.126. The van der Waals surface area contributed by atoms with Crippen molar-refractivity contribution >= 4 is 27.5 Å². The molecule has 0 aromatic heterocycles. The molecule has 1 amide bonds. The number of nitrogens with one attached hydrogen (secondary N) is 1. The zero-order chi connectivity index (χ0) is 24.9. The summed E-state index contributed by atoms with van der Waals surface area (Å²) in [5.74, 6) is 1.10. The van der Waals surface area contributed by atoms with Crippen LogP contribution in [0.2, 0.25) is 5.02 Å². The summed E-state index contributed by atoms with van der Waals surface area (Å²) in [4.78, 5) is 12.9. The fraction of sp³-hybridized carbons (Fsp3) is 0.458. The highest BCUT2D eigenvalue weighted by atomic mass is 35.5. The van der Waals surface area contributed by atoms with Crippen LogP contribution in [-0.2, 0) is 14.8 Å². The number of hydrogen-bond acceptors (Lipinski definition) is 6. The molecule has 0 saturated carbocycles. The van der Waals surface area contributed by atoms with Crippen LogP contribution in [0.15, 0.2) is 41.3 Å². The molecule has 2 aromatic rings. The molecule has 0 spiro atoms. The van der Waals surface area contributed by atoms with Crippen LogP contribution in [0.5, 0.6) is 17.2 Å². The number of sulfonamides is 1. The van der Waals surface area contributed by atoms with Gasteiger partial charge >= 0.3 is 0 Å². The Bertz CT molecular complexity index is 1120. The van der Waals surface area contributed by atoms with Gasteiger partial charge in [0.05, 0.1) is 26.9 Å². The summed E-state index contributed by atoms with van der Waals surface area (Å²) in [5, 5.41) is 3.35. The number of nitrogens with zero attached hydrogens (tertiary/aromatic N) is 1. The third-order valence-electron chi connectivity index (χ3n) is 5.91. The predicted octanol–water partition coefficient (Wildman–Crippen LogP) is 4.03. The molecule has 1 aliphatic rings. The van der Waals surface area contributed by atoms with Crippen molar-refractivity contribution in [1.29, 1.82) is 0 Å². The van der Waals surface area contributed by atoms with Gasteiger partial charge in [0, 0.05) is 24.0 Å². The van der Waals surface area contributed by atoms with E-state index in [4.69, 9.17) is 25.8 Å². The molecule has 34 heavy (non-hydrogen) atoms. The summed E-state index contributed by atoms with van der Waals surface area (Å²) in [6.45, 7) is 4.50. The van der Waals surface area contributed by atoms with Crippen molar-refractivity contribution in [3.05, 3.63) is 47.0 Å².